The zero-order chi connectivity index (χ0) is 10.6. The van der Waals surface area contributed by atoms with Gasteiger partial charge in [-0.25, -0.2) is 18.1 Å². The highest BCUT2D eigenvalue weighted by molar-refractivity contribution is 7.89. The highest BCUT2D eigenvalue weighted by Gasteiger charge is 2.18. The van der Waals surface area contributed by atoms with Crippen LogP contribution in [-0.2, 0) is 16.4 Å². The van der Waals surface area contributed by atoms with Crippen molar-refractivity contribution in [2.24, 2.45) is 0 Å². The first-order valence-corrected chi connectivity index (χ1v) is 5.20. The van der Waals surface area contributed by atoms with Gasteiger partial charge in [-0.3, -0.25) is 4.98 Å². The zero-order valence-corrected chi connectivity index (χ0v) is 8.24. The van der Waals surface area contributed by atoms with Crippen LogP contribution in [0.5, 0.6) is 0 Å². The Labute approximate surface area is 81.7 Å². The van der Waals surface area contributed by atoms with E-state index >= 15 is 0 Å². The van der Waals surface area contributed by atoms with Crippen LogP contribution in [0.25, 0.3) is 0 Å². The number of nitrogens with zero attached hydrogens (tertiary/aromatic N) is 3. The summed E-state index contributed by atoms with van der Waals surface area (Å²) in [5, 5.41) is 8.26. The molecule has 14 heavy (non-hydrogen) atoms. The molecule has 0 aliphatic heterocycles. The average Bonchev–Trinajstić information content (AvgIpc) is 2.19. The summed E-state index contributed by atoms with van der Waals surface area (Å²) in [5.74, 6) is 0. The molecule has 1 rings (SSSR count). The first kappa shape index (κ1) is 10.6. The van der Waals surface area contributed by atoms with E-state index in [1.54, 1.807) is 0 Å². The van der Waals surface area contributed by atoms with Crippen molar-refractivity contribution < 1.29 is 8.42 Å². The number of nitrogens with one attached hydrogen (secondary N) is 1. The zero-order valence-electron chi connectivity index (χ0n) is 7.43. The predicted octanol–water partition coefficient (Wildman–Crippen LogP) is -0.549. The van der Waals surface area contributed by atoms with Gasteiger partial charge in [0.2, 0.25) is 0 Å². The topological polar surface area (TPSA) is 95.7 Å². The van der Waals surface area contributed by atoms with Gasteiger partial charge in [-0.1, -0.05) is 0 Å². The smallest absolute Gasteiger partial charge is 0.256 e. The van der Waals surface area contributed by atoms with E-state index < -0.39 is 10.0 Å². The minimum atomic E-state index is -3.63. The minimum Gasteiger partial charge on any atom is -0.256 e. The monoisotopic (exact) mass is 212 g/mol. The molecule has 0 bridgehead atoms. The van der Waals surface area contributed by atoms with E-state index in [4.69, 9.17) is 5.26 Å². The van der Waals surface area contributed by atoms with Crippen molar-refractivity contribution in [2.45, 2.75) is 11.4 Å². The van der Waals surface area contributed by atoms with Gasteiger partial charge < -0.3 is 0 Å². The van der Waals surface area contributed by atoms with Gasteiger partial charge in [0.1, 0.15) is 0 Å². The third-order valence-electron chi connectivity index (χ3n) is 1.51. The quantitative estimate of drug-likeness (QED) is 0.725. The summed E-state index contributed by atoms with van der Waals surface area (Å²) in [6.07, 6.45) is 2.54. The highest BCUT2D eigenvalue weighted by Crippen LogP contribution is 2.08. The second-order valence-electron chi connectivity index (χ2n) is 2.35. The second kappa shape index (κ2) is 4.13. The molecular weight excluding hydrogens is 204 g/mol. The molecular formula is C7H8N4O2S. The first-order chi connectivity index (χ1) is 6.61. The van der Waals surface area contributed by atoms with Crippen LogP contribution >= 0.6 is 0 Å². The molecule has 0 aliphatic rings. The van der Waals surface area contributed by atoms with E-state index in [1.165, 1.54) is 19.4 Å². The van der Waals surface area contributed by atoms with Crippen LogP contribution in [-0.4, -0.2) is 25.4 Å². The minimum absolute atomic E-state index is 0.0793. The highest BCUT2D eigenvalue weighted by atomic mass is 32.2. The van der Waals surface area contributed by atoms with Crippen LogP contribution in [0.4, 0.5) is 0 Å². The fourth-order valence-corrected chi connectivity index (χ4v) is 1.70. The first-order valence-electron chi connectivity index (χ1n) is 3.72. The fourth-order valence-electron chi connectivity index (χ4n) is 0.871. The van der Waals surface area contributed by atoms with Crippen LogP contribution in [0.2, 0.25) is 0 Å². The van der Waals surface area contributed by atoms with Gasteiger partial charge in [0, 0.05) is 12.4 Å². The lowest BCUT2D eigenvalue weighted by molar-refractivity contribution is 0.582. The number of hydrogen-bond donors (Lipinski definition) is 1. The molecule has 0 amide bonds. The summed E-state index contributed by atoms with van der Waals surface area (Å²) in [6, 6.07) is 1.83. The SMILES string of the molecule is CNS(=O)(=O)c1nccnc1CC#N. The summed E-state index contributed by atoms with van der Waals surface area (Å²) >= 11 is 0. The maximum atomic E-state index is 11.4. The van der Waals surface area contributed by atoms with E-state index in [9.17, 15) is 8.42 Å². The molecule has 6 nitrogen and oxygen atoms in total. The summed E-state index contributed by atoms with van der Waals surface area (Å²) in [6.45, 7) is 0. The number of nitriles is 1. The Morgan fingerprint density at radius 1 is 1.50 bits per heavy atom. The molecule has 1 aromatic heterocycles. The van der Waals surface area contributed by atoms with Crippen LogP contribution in [0.1, 0.15) is 5.69 Å². The van der Waals surface area contributed by atoms with E-state index in [0.717, 1.165) is 0 Å². The molecule has 0 fully saturated rings. The molecule has 0 saturated heterocycles. The lowest BCUT2D eigenvalue weighted by Gasteiger charge is -2.03. The van der Waals surface area contributed by atoms with Crippen molar-refractivity contribution >= 4 is 10.0 Å². The summed E-state index contributed by atoms with van der Waals surface area (Å²) in [4.78, 5) is 7.45. The van der Waals surface area contributed by atoms with Crippen molar-refractivity contribution in [1.29, 1.82) is 5.26 Å². The maximum absolute atomic E-state index is 11.4. The van der Waals surface area contributed by atoms with Crippen molar-refractivity contribution in [1.82, 2.24) is 14.7 Å². The van der Waals surface area contributed by atoms with E-state index in [-0.39, 0.29) is 17.1 Å². The van der Waals surface area contributed by atoms with Gasteiger partial charge in [0.25, 0.3) is 10.0 Å². The molecule has 0 spiro atoms. The molecule has 1 aromatic rings. The molecule has 7 heteroatoms. The summed E-state index contributed by atoms with van der Waals surface area (Å²) < 4.78 is 24.9. The molecule has 74 valence electrons. The lowest BCUT2D eigenvalue weighted by Crippen LogP contribution is -2.22. The molecule has 0 aliphatic carbocycles. The molecule has 0 unspecified atom stereocenters. The largest absolute Gasteiger partial charge is 0.259 e. The van der Waals surface area contributed by atoms with Gasteiger partial charge >= 0.3 is 0 Å². The molecule has 0 saturated carbocycles. The number of aromatic nitrogens is 2. The predicted molar refractivity (Wildman–Crippen MR) is 47.6 cm³/mol. The lowest BCUT2D eigenvalue weighted by atomic mass is 10.3. The second-order valence-corrected chi connectivity index (χ2v) is 4.15. The Morgan fingerprint density at radius 2 is 2.14 bits per heavy atom. The standard InChI is InChI=1S/C7H8N4O2S/c1-9-14(12,13)7-6(2-3-8)10-4-5-11-7/h4-5,9H,2H2,1H3. The van der Waals surface area contributed by atoms with Gasteiger partial charge in [0.05, 0.1) is 18.2 Å². The van der Waals surface area contributed by atoms with E-state index in [1.807, 2.05) is 6.07 Å². The van der Waals surface area contributed by atoms with Crippen LogP contribution in [0.3, 0.4) is 0 Å². The fraction of sp³-hybridized carbons (Fsp3) is 0.286. The maximum Gasteiger partial charge on any atom is 0.259 e. The average molecular weight is 212 g/mol. The van der Waals surface area contributed by atoms with Crippen molar-refractivity contribution in [3.05, 3.63) is 18.1 Å². The van der Waals surface area contributed by atoms with Crippen molar-refractivity contribution in [3.8, 4) is 6.07 Å². The Hall–Kier alpha value is -1.52. The summed E-state index contributed by atoms with van der Waals surface area (Å²) in [5.41, 5.74) is 0.157. The molecule has 1 heterocycles. The van der Waals surface area contributed by atoms with Crippen molar-refractivity contribution in [2.75, 3.05) is 7.05 Å². The third kappa shape index (κ3) is 2.04. The Kier molecular flexibility index (Phi) is 3.11. The number of rotatable bonds is 3. The van der Waals surface area contributed by atoms with Crippen LogP contribution in [0.15, 0.2) is 17.4 Å². The van der Waals surface area contributed by atoms with Gasteiger partial charge in [-0.2, -0.15) is 5.26 Å². The Bertz CT molecular complexity index is 463. The molecule has 0 aromatic carbocycles. The molecule has 0 radical (unpaired) electrons. The van der Waals surface area contributed by atoms with E-state index in [2.05, 4.69) is 14.7 Å². The molecule has 0 atom stereocenters. The Morgan fingerprint density at radius 3 is 2.71 bits per heavy atom. The van der Waals surface area contributed by atoms with Gasteiger partial charge in [-0.15, -0.1) is 0 Å². The van der Waals surface area contributed by atoms with Gasteiger partial charge in [0.15, 0.2) is 5.03 Å². The third-order valence-corrected chi connectivity index (χ3v) is 2.89. The van der Waals surface area contributed by atoms with Crippen LogP contribution < -0.4 is 4.72 Å². The van der Waals surface area contributed by atoms with Crippen molar-refractivity contribution in [3.63, 3.8) is 0 Å². The number of hydrogen-bond acceptors (Lipinski definition) is 5. The van der Waals surface area contributed by atoms with Gasteiger partial charge in [-0.05, 0) is 7.05 Å². The van der Waals surface area contributed by atoms with E-state index in [0.29, 0.717) is 0 Å². The summed E-state index contributed by atoms with van der Waals surface area (Å²) in [7, 11) is -2.35. The normalized spacial score (nSPS) is 10.9. The Balaban J connectivity index is 3.29. The van der Waals surface area contributed by atoms with Crippen LogP contribution in [0, 0.1) is 11.3 Å². The number of sulfonamides is 1. The molecule has 1 N–H and O–H groups in total.